The summed E-state index contributed by atoms with van der Waals surface area (Å²) in [5.74, 6) is 0. The Balaban J connectivity index is 2.00. The summed E-state index contributed by atoms with van der Waals surface area (Å²) in [4.78, 5) is 0. The zero-order chi connectivity index (χ0) is 13.1. The molecule has 0 amide bonds. The minimum Gasteiger partial charge on any atom is -0.472 e. The lowest BCUT2D eigenvalue weighted by molar-refractivity contribution is 0.568. The molecule has 19 heavy (non-hydrogen) atoms. The molecule has 0 aliphatic rings. The monoisotopic (exact) mass is 251 g/mol. The smallest absolute Gasteiger partial charge is 0.139 e. The van der Waals surface area contributed by atoms with Crippen molar-refractivity contribution in [1.82, 2.24) is 14.9 Å². The van der Waals surface area contributed by atoms with Gasteiger partial charge in [0.1, 0.15) is 12.7 Å². The predicted molar refractivity (Wildman–Crippen MR) is 67.9 cm³/mol. The molecule has 0 fully saturated rings. The average molecular weight is 251 g/mol. The van der Waals surface area contributed by atoms with E-state index in [0.29, 0.717) is 5.56 Å². The Labute approximate surface area is 108 Å². The number of hydrogen-bond donors (Lipinski definition) is 1. The average Bonchev–Trinajstić information content (AvgIpc) is 3.11. The van der Waals surface area contributed by atoms with Crippen molar-refractivity contribution in [3.63, 3.8) is 0 Å². The summed E-state index contributed by atoms with van der Waals surface area (Å²) in [6.07, 6.45) is 6.29. The van der Waals surface area contributed by atoms with Crippen molar-refractivity contribution in [3.8, 4) is 17.2 Å². The van der Waals surface area contributed by atoms with Crippen LogP contribution >= 0.6 is 0 Å². The maximum Gasteiger partial charge on any atom is 0.139 e. The molecular weight excluding hydrogens is 242 g/mol. The van der Waals surface area contributed by atoms with Crippen molar-refractivity contribution in [2.45, 2.75) is 0 Å². The Morgan fingerprint density at radius 1 is 1.21 bits per heavy atom. The van der Waals surface area contributed by atoms with E-state index >= 15 is 0 Å². The molecule has 3 rings (SSSR count). The first-order valence-corrected chi connectivity index (χ1v) is 5.55. The number of nitrogens with zero attached hydrogens (tertiary/aromatic N) is 4. The fraction of sp³-hybridized carbons (Fsp3) is 0. The highest BCUT2D eigenvalue weighted by Crippen LogP contribution is 2.27. The summed E-state index contributed by atoms with van der Waals surface area (Å²) in [7, 11) is 0. The summed E-state index contributed by atoms with van der Waals surface area (Å²) in [6, 6.07) is 9.45. The van der Waals surface area contributed by atoms with Crippen molar-refractivity contribution >= 4 is 5.69 Å². The van der Waals surface area contributed by atoms with Crippen LogP contribution in [0.4, 0.5) is 5.69 Å². The van der Waals surface area contributed by atoms with Crippen LogP contribution < -0.4 is 5.43 Å². The molecule has 92 valence electrons. The van der Waals surface area contributed by atoms with Gasteiger partial charge in [0, 0.05) is 11.1 Å². The van der Waals surface area contributed by atoms with Crippen LogP contribution in [0.1, 0.15) is 5.56 Å². The lowest BCUT2D eigenvalue weighted by Gasteiger charge is -2.08. The first-order chi connectivity index (χ1) is 9.36. The molecule has 0 spiro atoms. The van der Waals surface area contributed by atoms with Gasteiger partial charge in [-0.05, 0) is 24.3 Å². The highest BCUT2D eigenvalue weighted by molar-refractivity contribution is 5.73. The van der Waals surface area contributed by atoms with Crippen LogP contribution in [0, 0.1) is 11.3 Å². The highest BCUT2D eigenvalue weighted by atomic mass is 16.3. The molecule has 1 N–H and O–H groups in total. The standard InChI is InChI=1S/C13H9N5O/c14-6-10-1-2-12(17-18-8-15-16-9-18)5-13(10)11-3-4-19-7-11/h1-5,7-9,17H. The van der Waals surface area contributed by atoms with Crippen molar-refractivity contribution in [2.24, 2.45) is 0 Å². The van der Waals surface area contributed by atoms with Gasteiger partial charge in [-0.25, -0.2) is 4.68 Å². The minimum atomic E-state index is 0.593. The van der Waals surface area contributed by atoms with Gasteiger partial charge in [-0.2, -0.15) is 5.26 Å². The Morgan fingerprint density at radius 2 is 2.05 bits per heavy atom. The molecule has 0 radical (unpaired) electrons. The van der Waals surface area contributed by atoms with Gasteiger partial charge in [0.15, 0.2) is 0 Å². The molecule has 0 aliphatic carbocycles. The van der Waals surface area contributed by atoms with Crippen LogP contribution in [0.15, 0.2) is 53.9 Å². The zero-order valence-electron chi connectivity index (χ0n) is 9.82. The van der Waals surface area contributed by atoms with E-state index in [1.807, 2.05) is 18.2 Å². The van der Waals surface area contributed by atoms with Gasteiger partial charge in [-0.15, -0.1) is 10.2 Å². The maximum atomic E-state index is 9.14. The number of nitriles is 1. The first kappa shape index (κ1) is 11.0. The Bertz CT molecular complexity index is 710. The van der Waals surface area contributed by atoms with Crippen LogP contribution in [-0.4, -0.2) is 14.9 Å². The van der Waals surface area contributed by atoms with Crippen molar-refractivity contribution in [2.75, 3.05) is 5.43 Å². The van der Waals surface area contributed by atoms with Crippen molar-refractivity contribution in [3.05, 3.63) is 55.0 Å². The topological polar surface area (TPSA) is 79.7 Å². The summed E-state index contributed by atoms with van der Waals surface area (Å²) in [6.45, 7) is 0. The Hall–Kier alpha value is -3.07. The Kier molecular flexibility index (Phi) is 2.71. The van der Waals surface area contributed by atoms with E-state index in [4.69, 9.17) is 9.68 Å². The van der Waals surface area contributed by atoms with E-state index in [1.165, 1.54) is 0 Å². The molecule has 0 saturated heterocycles. The maximum absolute atomic E-state index is 9.14. The van der Waals surface area contributed by atoms with E-state index in [-0.39, 0.29) is 0 Å². The number of hydrogen-bond acceptors (Lipinski definition) is 5. The molecule has 6 nitrogen and oxygen atoms in total. The van der Waals surface area contributed by atoms with Gasteiger partial charge < -0.3 is 4.42 Å². The SMILES string of the molecule is N#Cc1ccc(Nn2cnnc2)cc1-c1ccoc1. The summed E-state index contributed by atoms with van der Waals surface area (Å²) >= 11 is 0. The van der Waals surface area contributed by atoms with E-state index in [1.54, 1.807) is 35.9 Å². The molecule has 2 heterocycles. The largest absolute Gasteiger partial charge is 0.472 e. The van der Waals surface area contributed by atoms with Gasteiger partial charge in [-0.3, -0.25) is 5.43 Å². The van der Waals surface area contributed by atoms with E-state index < -0.39 is 0 Å². The van der Waals surface area contributed by atoms with Gasteiger partial charge in [0.2, 0.25) is 0 Å². The number of aromatic nitrogens is 3. The molecular formula is C13H9N5O. The van der Waals surface area contributed by atoms with Gasteiger partial charge >= 0.3 is 0 Å². The molecule has 1 aromatic carbocycles. The van der Waals surface area contributed by atoms with Crippen LogP contribution in [0.25, 0.3) is 11.1 Å². The molecule has 0 aliphatic heterocycles. The molecule has 6 heteroatoms. The highest BCUT2D eigenvalue weighted by Gasteiger charge is 2.07. The lowest BCUT2D eigenvalue weighted by atomic mass is 10.0. The second-order valence-corrected chi connectivity index (χ2v) is 3.87. The molecule has 0 atom stereocenters. The third-order valence-electron chi connectivity index (χ3n) is 2.65. The fourth-order valence-electron chi connectivity index (χ4n) is 1.78. The number of rotatable bonds is 3. The third-order valence-corrected chi connectivity index (χ3v) is 2.65. The van der Waals surface area contributed by atoms with Crippen LogP contribution in [0.5, 0.6) is 0 Å². The number of benzene rings is 1. The van der Waals surface area contributed by atoms with Crippen LogP contribution in [0.2, 0.25) is 0 Å². The molecule has 0 saturated carbocycles. The summed E-state index contributed by atoms with van der Waals surface area (Å²) in [5, 5.41) is 16.6. The Morgan fingerprint density at radius 3 is 2.74 bits per heavy atom. The van der Waals surface area contributed by atoms with Crippen LogP contribution in [-0.2, 0) is 0 Å². The lowest BCUT2D eigenvalue weighted by Crippen LogP contribution is -2.06. The van der Waals surface area contributed by atoms with Gasteiger partial charge in [0.05, 0.1) is 29.8 Å². The summed E-state index contributed by atoms with van der Waals surface area (Å²) in [5.41, 5.74) is 6.19. The summed E-state index contributed by atoms with van der Waals surface area (Å²) < 4.78 is 6.68. The third kappa shape index (κ3) is 2.17. The first-order valence-electron chi connectivity index (χ1n) is 5.55. The predicted octanol–water partition coefficient (Wildman–Crippen LogP) is 2.28. The van der Waals surface area contributed by atoms with E-state index in [0.717, 1.165) is 16.8 Å². The van der Waals surface area contributed by atoms with Crippen molar-refractivity contribution < 1.29 is 4.42 Å². The quantitative estimate of drug-likeness (QED) is 0.772. The van der Waals surface area contributed by atoms with Gasteiger partial charge in [-0.1, -0.05) is 0 Å². The van der Waals surface area contributed by atoms with E-state index in [9.17, 15) is 0 Å². The number of anilines is 1. The zero-order valence-corrected chi connectivity index (χ0v) is 9.82. The second kappa shape index (κ2) is 4.66. The van der Waals surface area contributed by atoms with Gasteiger partial charge in [0.25, 0.3) is 0 Å². The normalized spacial score (nSPS) is 10.1. The van der Waals surface area contributed by atoms with Crippen molar-refractivity contribution in [1.29, 1.82) is 5.26 Å². The molecule has 3 aromatic rings. The van der Waals surface area contributed by atoms with E-state index in [2.05, 4.69) is 21.7 Å². The number of furan rings is 1. The molecule has 0 unspecified atom stereocenters. The fourth-order valence-corrected chi connectivity index (χ4v) is 1.78. The molecule has 0 bridgehead atoms. The molecule has 2 aromatic heterocycles. The minimum absolute atomic E-state index is 0.593. The number of nitrogens with one attached hydrogen (secondary N) is 1. The second-order valence-electron chi connectivity index (χ2n) is 3.87. The van der Waals surface area contributed by atoms with Crippen LogP contribution in [0.3, 0.4) is 0 Å².